The third-order valence-electron chi connectivity index (χ3n) is 11.1. The average Bonchev–Trinajstić information content (AvgIpc) is 3.21. The highest BCUT2D eigenvalue weighted by Crippen LogP contribution is 2.69. The summed E-state index contributed by atoms with van der Waals surface area (Å²) in [5, 5.41) is 11.4. The monoisotopic (exact) mass is 532 g/mol. The number of carbonyl (C=O) groups excluding carboxylic acids is 1. The highest BCUT2D eigenvalue weighted by Gasteiger charge is 2.67. The zero-order valence-corrected chi connectivity index (χ0v) is 24.0. The molecular formula is C30H44O6S. The summed E-state index contributed by atoms with van der Waals surface area (Å²) in [6.45, 7) is 16.5. The first-order valence-corrected chi connectivity index (χ1v) is 15.1. The molecule has 6 nitrogen and oxygen atoms in total. The van der Waals surface area contributed by atoms with Gasteiger partial charge in [0.2, 0.25) is 0 Å². The Labute approximate surface area is 223 Å². The number of ether oxygens (including phenoxy) is 1. The molecule has 0 spiro atoms. The Morgan fingerprint density at radius 3 is 2.35 bits per heavy atom. The van der Waals surface area contributed by atoms with Crippen LogP contribution in [0.5, 0.6) is 0 Å². The number of hydrogen-bond acceptors (Lipinski definition) is 6. The van der Waals surface area contributed by atoms with Crippen molar-refractivity contribution in [2.45, 2.75) is 90.7 Å². The molecule has 1 unspecified atom stereocenters. The number of esters is 1. The Bertz CT molecular complexity index is 1130. The summed E-state index contributed by atoms with van der Waals surface area (Å²) in [6, 6.07) is 6.31. The first-order chi connectivity index (χ1) is 17.2. The van der Waals surface area contributed by atoms with Gasteiger partial charge in [-0.2, -0.15) is 8.42 Å². The van der Waals surface area contributed by atoms with Gasteiger partial charge in [-0.15, -0.1) is 6.58 Å². The van der Waals surface area contributed by atoms with E-state index < -0.39 is 40.3 Å². The van der Waals surface area contributed by atoms with Gasteiger partial charge in [0.1, 0.15) is 6.10 Å². The fourth-order valence-electron chi connectivity index (χ4n) is 8.20. The summed E-state index contributed by atoms with van der Waals surface area (Å²) in [5.74, 6) is 0.179. The highest BCUT2D eigenvalue weighted by atomic mass is 32.2. The van der Waals surface area contributed by atoms with Crippen molar-refractivity contribution in [2.75, 3.05) is 6.61 Å². The number of allylic oxidation sites excluding steroid dienone is 1. The zero-order chi connectivity index (χ0) is 27.4. The number of benzene rings is 1. The summed E-state index contributed by atoms with van der Waals surface area (Å²) in [6.07, 6.45) is 5.41. The summed E-state index contributed by atoms with van der Waals surface area (Å²) >= 11 is 0. The Balaban J connectivity index is 1.65. The molecule has 3 aliphatic carbocycles. The SMILES string of the molecule is C=C[C@@]1(C)C[C@@H](OC(=O)COS(=O)(=O)c2ccc(C)cc2)[C@]2(C)[C@H](C)CC[C@]3(CCC(O)[C@H]32)[C@@H](C)[C@@H]1C. The third-order valence-corrected chi connectivity index (χ3v) is 12.4. The van der Waals surface area contributed by atoms with Crippen molar-refractivity contribution >= 4 is 16.1 Å². The van der Waals surface area contributed by atoms with E-state index in [-0.39, 0.29) is 33.5 Å². The van der Waals surface area contributed by atoms with E-state index in [2.05, 4.69) is 41.2 Å². The molecule has 0 heterocycles. The minimum Gasteiger partial charge on any atom is -0.460 e. The Kier molecular flexibility index (Phi) is 7.50. The van der Waals surface area contributed by atoms with Crippen molar-refractivity contribution in [3.8, 4) is 0 Å². The zero-order valence-electron chi connectivity index (χ0n) is 23.2. The third kappa shape index (κ3) is 4.59. The maximum atomic E-state index is 13.2. The second-order valence-electron chi connectivity index (χ2n) is 12.6. The number of hydrogen-bond donors (Lipinski definition) is 1. The van der Waals surface area contributed by atoms with Gasteiger partial charge in [-0.25, -0.2) is 4.79 Å². The van der Waals surface area contributed by atoms with Crippen molar-refractivity contribution in [1.29, 1.82) is 0 Å². The Morgan fingerprint density at radius 1 is 1.11 bits per heavy atom. The van der Waals surface area contributed by atoms with Crippen LogP contribution in [0.3, 0.4) is 0 Å². The molecule has 1 aromatic rings. The topological polar surface area (TPSA) is 89.9 Å². The number of rotatable bonds is 6. The Morgan fingerprint density at radius 2 is 1.73 bits per heavy atom. The first-order valence-electron chi connectivity index (χ1n) is 13.7. The quantitative estimate of drug-likeness (QED) is 0.288. The van der Waals surface area contributed by atoms with Crippen molar-refractivity contribution in [3.63, 3.8) is 0 Å². The summed E-state index contributed by atoms with van der Waals surface area (Å²) < 4.78 is 36.7. The number of aliphatic hydroxyl groups excluding tert-OH is 1. The van der Waals surface area contributed by atoms with Crippen LogP contribution >= 0.6 is 0 Å². The van der Waals surface area contributed by atoms with E-state index >= 15 is 0 Å². The predicted molar refractivity (Wildman–Crippen MR) is 143 cm³/mol. The lowest BCUT2D eigenvalue weighted by Crippen LogP contribution is -2.62. The van der Waals surface area contributed by atoms with Crippen LogP contribution in [0.25, 0.3) is 0 Å². The smallest absolute Gasteiger partial charge is 0.333 e. The first kappa shape index (κ1) is 28.3. The van der Waals surface area contributed by atoms with Gasteiger partial charge in [-0.1, -0.05) is 58.4 Å². The van der Waals surface area contributed by atoms with Gasteiger partial charge in [0.25, 0.3) is 10.1 Å². The molecule has 0 amide bonds. The van der Waals surface area contributed by atoms with E-state index in [0.29, 0.717) is 12.3 Å². The van der Waals surface area contributed by atoms with Gasteiger partial charge in [0.15, 0.2) is 6.61 Å². The van der Waals surface area contributed by atoms with Crippen LogP contribution in [0, 0.1) is 46.8 Å². The molecular weight excluding hydrogens is 488 g/mol. The van der Waals surface area contributed by atoms with Gasteiger partial charge in [0, 0.05) is 5.41 Å². The maximum Gasteiger partial charge on any atom is 0.333 e. The molecule has 1 N–H and O–H groups in total. The molecule has 3 saturated carbocycles. The normalized spacial score (nSPS) is 41.8. The molecule has 0 aliphatic heterocycles. The lowest BCUT2D eigenvalue weighted by molar-refractivity contribution is -0.210. The highest BCUT2D eigenvalue weighted by molar-refractivity contribution is 7.86. The van der Waals surface area contributed by atoms with Crippen molar-refractivity contribution < 1.29 is 27.2 Å². The molecule has 9 atom stereocenters. The molecule has 7 heteroatoms. The van der Waals surface area contributed by atoms with E-state index in [1.54, 1.807) is 12.1 Å². The van der Waals surface area contributed by atoms with Crippen LogP contribution in [0.4, 0.5) is 0 Å². The number of carbonyl (C=O) groups is 1. The summed E-state index contributed by atoms with van der Waals surface area (Å²) in [5.41, 5.74) is 0.152. The van der Waals surface area contributed by atoms with E-state index in [0.717, 1.165) is 31.2 Å². The molecule has 0 saturated heterocycles. The molecule has 37 heavy (non-hydrogen) atoms. The molecule has 0 radical (unpaired) electrons. The van der Waals surface area contributed by atoms with Crippen molar-refractivity contribution in [3.05, 3.63) is 42.5 Å². The second kappa shape index (κ2) is 9.80. The largest absolute Gasteiger partial charge is 0.460 e. The molecule has 2 bridgehead atoms. The van der Waals surface area contributed by atoms with Crippen molar-refractivity contribution in [1.82, 2.24) is 0 Å². The average molecular weight is 533 g/mol. The van der Waals surface area contributed by atoms with Crippen LogP contribution in [0.1, 0.15) is 72.3 Å². The van der Waals surface area contributed by atoms with Crippen molar-refractivity contribution in [2.24, 2.45) is 39.9 Å². The summed E-state index contributed by atoms with van der Waals surface area (Å²) in [7, 11) is -4.09. The van der Waals surface area contributed by atoms with Gasteiger partial charge in [-0.05, 0) is 85.7 Å². The van der Waals surface area contributed by atoms with Gasteiger partial charge < -0.3 is 9.84 Å². The van der Waals surface area contributed by atoms with E-state index in [1.807, 2.05) is 13.0 Å². The minimum atomic E-state index is -4.09. The van der Waals surface area contributed by atoms with Crippen LogP contribution in [0.15, 0.2) is 41.8 Å². The number of aliphatic hydroxyl groups is 1. The standard InChI is InChI=1S/C30H44O6S/c1-8-28(6)17-25(36-26(32)18-35-37(33,34)23-11-9-19(2)10-12-23)29(7)20(3)13-15-30(22(5)21(28)4)16-14-24(31)27(29)30/h8-12,20-22,24-25,27,31H,1,13-18H2,2-7H3/t20-,21+,22+,24?,25-,27+,28+,29+,30+/m1/s1. The lowest BCUT2D eigenvalue weighted by Gasteiger charge is -2.63. The lowest BCUT2D eigenvalue weighted by atomic mass is 9.42. The molecule has 4 rings (SSSR count). The van der Waals surface area contributed by atoms with Crippen LogP contribution in [0.2, 0.25) is 0 Å². The minimum absolute atomic E-state index is 0.00516. The van der Waals surface area contributed by atoms with Crippen LogP contribution in [-0.2, 0) is 23.8 Å². The van der Waals surface area contributed by atoms with Crippen LogP contribution in [-0.4, -0.2) is 38.3 Å². The second-order valence-corrected chi connectivity index (χ2v) is 14.2. The molecule has 0 aromatic heterocycles. The Hall–Kier alpha value is -1.70. The number of aryl methyl sites for hydroxylation is 1. The fourth-order valence-corrected chi connectivity index (χ4v) is 9.06. The van der Waals surface area contributed by atoms with Gasteiger partial charge in [0.05, 0.1) is 11.0 Å². The van der Waals surface area contributed by atoms with E-state index in [9.17, 15) is 18.3 Å². The van der Waals surface area contributed by atoms with E-state index in [4.69, 9.17) is 8.92 Å². The van der Waals surface area contributed by atoms with Crippen LogP contribution < -0.4 is 0 Å². The molecule has 206 valence electrons. The maximum absolute atomic E-state index is 13.2. The fraction of sp³-hybridized carbons (Fsp3) is 0.700. The predicted octanol–water partition coefficient (Wildman–Crippen LogP) is 5.67. The summed E-state index contributed by atoms with van der Waals surface area (Å²) in [4.78, 5) is 13.2. The molecule has 1 aromatic carbocycles. The molecule has 3 fully saturated rings. The van der Waals surface area contributed by atoms with Gasteiger partial charge >= 0.3 is 5.97 Å². The van der Waals surface area contributed by atoms with E-state index in [1.165, 1.54) is 12.1 Å². The van der Waals surface area contributed by atoms with Gasteiger partial charge in [-0.3, -0.25) is 4.18 Å². The molecule has 3 aliphatic rings.